The number of amides is 1. The Hall–Kier alpha value is -1.82. The largest absolute Gasteiger partial charge is 0.467 e. The molecule has 0 atom stereocenters. The summed E-state index contributed by atoms with van der Waals surface area (Å²) in [6.07, 6.45) is 1.60. The Morgan fingerprint density at radius 1 is 1.14 bits per heavy atom. The molecular formula is C21H20Cl2N2O2S. The molecule has 4 rings (SSSR count). The summed E-state index contributed by atoms with van der Waals surface area (Å²) < 4.78 is 7.33. The van der Waals surface area contributed by atoms with Crippen LogP contribution in [0.2, 0.25) is 10.0 Å². The summed E-state index contributed by atoms with van der Waals surface area (Å²) in [5.41, 5.74) is 3.88. The molecule has 2 aromatic carbocycles. The first kappa shape index (κ1) is 19.5. The number of carbonyl (C=O) groups is 1. The Balaban J connectivity index is 1.41. The molecule has 1 fully saturated rings. The molecule has 0 spiro atoms. The van der Waals surface area contributed by atoms with Gasteiger partial charge in [-0.15, -0.1) is 0 Å². The van der Waals surface area contributed by atoms with E-state index in [1.54, 1.807) is 29.5 Å². The number of piperidine rings is 1. The molecule has 1 aromatic heterocycles. The number of nitrogens with zero attached hydrogens (tertiary/aromatic N) is 2. The van der Waals surface area contributed by atoms with Gasteiger partial charge in [0.15, 0.2) is 0 Å². The highest BCUT2D eigenvalue weighted by Crippen LogP contribution is 2.34. The lowest BCUT2D eigenvalue weighted by Crippen LogP contribution is -2.41. The van der Waals surface area contributed by atoms with Gasteiger partial charge in [0.1, 0.15) is 6.10 Å². The minimum Gasteiger partial charge on any atom is -0.467 e. The fraction of sp³-hybridized carbons (Fsp3) is 0.333. The van der Waals surface area contributed by atoms with Crippen molar-refractivity contribution in [3.8, 4) is 5.19 Å². The quantitative estimate of drug-likeness (QED) is 0.514. The third kappa shape index (κ3) is 3.84. The van der Waals surface area contributed by atoms with Gasteiger partial charge in [-0.2, -0.15) is 0 Å². The summed E-state index contributed by atoms with van der Waals surface area (Å²) in [4.78, 5) is 19.2. The smallest absolute Gasteiger partial charge is 0.274 e. The van der Waals surface area contributed by atoms with Crippen molar-refractivity contribution in [2.75, 3.05) is 13.1 Å². The van der Waals surface area contributed by atoms with Gasteiger partial charge in [-0.3, -0.25) is 4.79 Å². The molecule has 1 amide bonds. The molecule has 7 heteroatoms. The van der Waals surface area contributed by atoms with Crippen molar-refractivity contribution in [1.29, 1.82) is 0 Å². The van der Waals surface area contributed by atoms with E-state index in [4.69, 9.17) is 27.9 Å². The molecule has 3 aromatic rings. The molecule has 0 saturated carbocycles. The Morgan fingerprint density at radius 2 is 1.86 bits per heavy atom. The SMILES string of the molecule is Cc1ccc(C)c2sc(OC3CCN(C(=O)c4ccc(Cl)cc4Cl)CC3)nc12. The van der Waals surface area contributed by atoms with Crippen molar-refractivity contribution >= 4 is 50.7 Å². The zero-order valence-electron chi connectivity index (χ0n) is 15.7. The van der Waals surface area contributed by atoms with Gasteiger partial charge in [0, 0.05) is 31.0 Å². The summed E-state index contributed by atoms with van der Waals surface area (Å²) in [6, 6.07) is 9.18. The number of benzene rings is 2. The van der Waals surface area contributed by atoms with Gasteiger partial charge in [-0.1, -0.05) is 46.7 Å². The van der Waals surface area contributed by atoms with Gasteiger partial charge < -0.3 is 9.64 Å². The van der Waals surface area contributed by atoms with Crippen LogP contribution in [0.3, 0.4) is 0 Å². The van der Waals surface area contributed by atoms with Crippen molar-refractivity contribution < 1.29 is 9.53 Å². The van der Waals surface area contributed by atoms with Crippen LogP contribution in [-0.2, 0) is 0 Å². The normalized spacial score (nSPS) is 15.2. The van der Waals surface area contributed by atoms with Gasteiger partial charge in [0.2, 0.25) is 0 Å². The van der Waals surface area contributed by atoms with Crippen LogP contribution in [0.1, 0.15) is 34.3 Å². The molecule has 0 radical (unpaired) electrons. The first-order valence-corrected chi connectivity index (χ1v) is 10.8. The minimum atomic E-state index is -0.0636. The Morgan fingerprint density at radius 3 is 2.54 bits per heavy atom. The molecule has 1 aliphatic heterocycles. The van der Waals surface area contributed by atoms with Crippen LogP contribution in [-0.4, -0.2) is 35.0 Å². The lowest BCUT2D eigenvalue weighted by atomic mass is 10.1. The number of halogens is 2. The van der Waals surface area contributed by atoms with E-state index < -0.39 is 0 Å². The van der Waals surface area contributed by atoms with Crippen LogP contribution in [0.15, 0.2) is 30.3 Å². The maximum Gasteiger partial charge on any atom is 0.274 e. The van der Waals surface area contributed by atoms with E-state index in [1.807, 2.05) is 4.90 Å². The van der Waals surface area contributed by atoms with Gasteiger partial charge >= 0.3 is 0 Å². The maximum atomic E-state index is 12.7. The lowest BCUT2D eigenvalue weighted by Gasteiger charge is -2.31. The zero-order valence-corrected chi connectivity index (χ0v) is 18.0. The molecule has 0 N–H and O–H groups in total. The standard InChI is InChI=1S/C21H20Cl2N2O2S/c1-12-3-4-13(2)19-18(12)24-21(28-19)27-15-7-9-25(10-8-15)20(26)16-6-5-14(22)11-17(16)23/h3-6,11,15H,7-10H2,1-2H3. The lowest BCUT2D eigenvalue weighted by molar-refractivity contribution is 0.0595. The number of carbonyl (C=O) groups excluding carboxylic acids is 1. The molecule has 2 heterocycles. The van der Waals surface area contributed by atoms with Gasteiger partial charge in [0.25, 0.3) is 11.1 Å². The van der Waals surface area contributed by atoms with Crippen LogP contribution in [0.25, 0.3) is 10.2 Å². The average molecular weight is 435 g/mol. The highest BCUT2D eigenvalue weighted by atomic mass is 35.5. The molecule has 1 saturated heterocycles. The summed E-state index contributed by atoms with van der Waals surface area (Å²) in [5, 5.41) is 1.61. The Bertz CT molecular complexity index is 1000. The number of hydrogen-bond donors (Lipinski definition) is 0. The first-order chi connectivity index (χ1) is 13.4. The van der Waals surface area contributed by atoms with Crippen LogP contribution in [0.5, 0.6) is 5.19 Å². The van der Waals surface area contributed by atoms with E-state index in [0.717, 1.165) is 23.9 Å². The van der Waals surface area contributed by atoms with Gasteiger partial charge in [-0.05, 0) is 43.2 Å². The van der Waals surface area contributed by atoms with Crippen LogP contribution in [0.4, 0.5) is 0 Å². The predicted octanol–water partition coefficient (Wildman–Crippen LogP) is 5.90. The van der Waals surface area contributed by atoms with Crippen LogP contribution in [0, 0.1) is 13.8 Å². The molecule has 28 heavy (non-hydrogen) atoms. The van der Waals surface area contributed by atoms with Crippen molar-refractivity contribution in [2.45, 2.75) is 32.8 Å². The highest BCUT2D eigenvalue weighted by molar-refractivity contribution is 7.20. The summed E-state index contributed by atoms with van der Waals surface area (Å²) >= 11 is 13.7. The van der Waals surface area contributed by atoms with E-state index in [0.29, 0.717) is 33.9 Å². The number of ether oxygens (including phenoxy) is 1. The highest BCUT2D eigenvalue weighted by Gasteiger charge is 2.26. The third-order valence-corrected chi connectivity index (χ3v) is 6.71. The number of fused-ring (bicyclic) bond motifs is 1. The van der Waals surface area contributed by atoms with Crippen LogP contribution < -0.4 is 4.74 Å². The van der Waals surface area contributed by atoms with Crippen molar-refractivity contribution in [3.63, 3.8) is 0 Å². The Labute approximate surface area is 178 Å². The molecule has 0 bridgehead atoms. The zero-order chi connectivity index (χ0) is 19.8. The van der Waals surface area contributed by atoms with Crippen molar-refractivity contribution in [1.82, 2.24) is 9.88 Å². The fourth-order valence-electron chi connectivity index (χ4n) is 3.44. The predicted molar refractivity (Wildman–Crippen MR) is 115 cm³/mol. The third-order valence-electron chi connectivity index (χ3n) is 5.08. The second-order valence-corrected chi connectivity index (χ2v) is 8.90. The first-order valence-electron chi connectivity index (χ1n) is 9.20. The maximum absolute atomic E-state index is 12.7. The summed E-state index contributed by atoms with van der Waals surface area (Å²) in [5.74, 6) is -0.0636. The van der Waals surface area contributed by atoms with Crippen LogP contribution >= 0.6 is 34.5 Å². The van der Waals surface area contributed by atoms with Crippen molar-refractivity contribution in [3.05, 3.63) is 57.1 Å². The number of thiazole rings is 1. The molecule has 0 aliphatic carbocycles. The topological polar surface area (TPSA) is 42.4 Å². The molecule has 146 valence electrons. The Kier molecular flexibility index (Phi) is 5.50. The van der Waals surface area contributed by atoms with E-state index in [9.17, 15) is 4.79 Å². The summed E-state index contributed by atoms with van der Waals surface area (Å²) in [6.45, 7) is 5.42. The number of rotatable bonds is 3. The molecule has 1 aliphatic rings. The monoisotopic (exact) mass is 434 g/mol. The summed E-state index contributed by atoms with van der Waals surface area (Å²) in [7, 11) is 0. The molecule has 4 nitrogen and oxygen atoms in total. The van der Waals surface area contributed by atoms with Gasteiger partial charge in [-0.25, -0.2) is 4.98 Å². The number of hydrogen-bond acceptors (Lipinski definition) is 4. The van der Waals surface area contributed by atoms with E-state index >= 15 is 0 Å². The van der Waals surface area contributed by atoms with Gasteiger partial charge in [0.05, 0.1) is 20.8 Å². The van der Waals surface area contributed by atoms with E-state index in [1.165, 1.54) is 10.3 Å². The van der Waals surface area contributed by atoms with E-state index in [2.05, 4.69) is 31.0 Å². The van der Waals surface area contributed by atoms with Crippen molar-refractivity contribution in [2.24, 2.45) is 0 Å². The number of aryl methyl sites for hydroxylation is 2. The number of likely N-dealkylation sites (tertiary alicyclic amines) is 1. The number of aromatic nitrogens is 1. The average Bonchev–Trinajstić information content (AvgIpc) is 3.10. The molecular weight excluding hydrogens is 415 g/mol. The van der Waals surface area contributed by atoms with E-state index in [-0.39, 0.29) is 12.0 Å². The minimum absolute atomic E-state index is 0.0610. The second kappa shape index (κ2) is 7.90. The fourth-order valence-corrected chi connectivity index (χ4v) is 4.96. The second-order valence-electron chi connectivity index (χ2n) is 7.09. The molecule has 0 unspecified atom stereocenters.